The number of piperidine rings is 1. The Kier molecular flexibility index (Phi) is 9.19. The Bertz CT molecular complexity index is 1100. The fraction of sp³-hybridized carbons (Fsp3) is 0.444. The number of para-hydroxylation sites is 1. The quantitative estimate of drug-likeness (QED) is 0.474. The van der Waals surface area contributed by atoms with Gasteiger partial charge in [-0.15, -0.1) is 0 Å². The number of carbonyl (C=O) groups is 2. The summed E-state index contributed by atoms with van der Waals surface area (Å²) in [6, 6.07) is 13.8. The van der Waals surface area contributed by atoms with E-state index in [0.29, 0.717) is 49.4 Å². The number of carbonyl (C=O) groups excluding carboxylic acids is 2. The molecular weight excluding hydrogens is 480 g/mol. The highest BCUT2D eigenvalue weighted by atomic mass is 35.5. The largest absolute Gasteiger partial charge is 0.493 e. The Labute approximate surface area is 217 Å². The van der Waals surface area contributed by atoms with Crippen LogP contribution >= 0.6 is 11.6 Å². The summed E-state index contributed by atoms with van der Waals surface area (Å²) in [6.07, 6.45) is 3.73. The standard InChI is InChI=1S/C27H33ClN4O4/c1-19-5-2-3-6-24(19)35-16-4-13-29-21-11-14-32(15-12-21)27(34)18-36-25-9-7-20(17-22(25)28)23-8-10-26(33)31-30-23/h2-3,5-7,9,17,21,29H,4,8,10-16,18H2,1H3,(H,31,33). The van der Waals surface area contributed by atoms with Gasteiger partial charge in [-0.2, -0.15) is 5.10 Å². The van der Waals surface area contributed by atoms with Crippen molar-refractivity contribution in [2.24, 2.45) is 5.10 Å². The van der Waals surface area contributed by atoms with Crippen molar-refractivity contribution >= 4 is 29.1 Å². The summed E-state index contributed by atoms with van der Waals surface area (Å²) in [6.45, 7) is 4.98. The molecule has 2 aliphatic heterocycles. The maximum atomic E-state index is 12.7. The third kappa shape index (κ3) is 7.21. The minimum atomic E-state index is -0.0911. The van der Waals surface area contributed by atoms with Crippen molar-refractivity contribution in [3.8, 4) is 11.5 Å². The van der Waals surface area contributed by atoms with Crippen LogP contribution in [-0.2, 0) is 9.59 Å². The summed E-state index contributed by atoms with van der Waals surface area (Å²) in [5.41, 5.74) is 5.23. The molecule has 2 heterocycles. The average Bonchev–Trinajstić information content (AvgIpc) is 2.89. The number of hydrazone groups is 1. The summed E-state index contributed by atoms with van der Waals surface area (Å²) in [5, 5.41) is 8.08. The van der Waals surface area contributed by atoms with E-state index in [2.05, 4.69) is 28.8 Å². The van der Waals surface area contributed by atoms with E-state index in [4.69, 9.17) is 21.1 Å². The molecule has 0 aromatic heterocycles. The number of hydrogen-bond acceptors (Lipinski definition) is 6. The second-order valence-electron chi connectivity index (χ2n) is 9.10. The summed E-state index contributed by atoms with van der Waals surface area (Å²) >= 11 is 6.37. The SMILES string of the molecule is Cc1ccccc1OCCCNC1CCN(C(=O)COc2ccc(C3=NNC(=O)CC3)cc2Cl)CC1. The zero-order chi connectivity index (χ0) is 25.3. The third-order valence-electron chi connectivity index (χ3n) is 6.47. The molecule has 2 amide bonds. The van der Waals surface area contributed by atoms with E-state index in [1.165, 1.54) is 0 Å². The van der Waals surface area contributed by atoms with E-state index in [1.807, 2.05) is 29.2 Å². The molecule has 0 bridgehead atoms. The van der Waals surface area contributed by atoms with Crippen molar-refractivity contribution < 1.29 is 19.1 Å². The molecule has 192 valence electrons. The van der Waals surface area contributed by atoms with E-state index >= 15 is 0 Å². The number of rotatable bonds is 10. The number of nitrogens with one attached hydrogen (secondary N) is 2. The highest BCUT2D eigenvalue weighted by Crippen LogP contribution is 2.27. The van der Waals surface area contributed by atoms with Gasteiger partial charge >= 0.3 is 0 Å². The minimum Gasteiger partial charge on any atom is -0.493 e. The molecule has 0 aliphatic carbocycles. The van der Waals surface area contributed by atoms with E-state index in [1.54, 1.807) is 12.1 Å². The molecule has 0 unspecified atom stereocenters. The number of halogens is 1. The van der Waals surface area contributed by atoms with Gasteiger partial charge in [0.15, 0.2) is 6.61 Å². The lowest BCUT2D eigenvalue weighted by molar-refractivity contribution is -0.134. The van der Waals surface area contributed by atoms with E-state index < -0.39 is 0 Å². The van der Waals surface area contributed by atoms with Gasteiger partial charge in [0.2, 0.25) is 5.91 Å². The number of aryl methyl sites for hydroxylation is 1. The lowest BCUT2D eigenvalue weighted by Crippen LogP contribution is -2.46. The van der Waals surface area contributed by atoms with Crippen molar-refractivity contribution in [1.82, 2.24) is 15.6 Å². The van der Waals surface area contributed by atoms with Gasteiger partial charge in [0, 0.05) is 32.0 Å². The molecule has 0 saturated carbocycles. The number of amides is 2. The first kappa shape index (κ1) is 26.0. The molecule has 2 N–H and O–H groups in total. The normalized spacial score (nSPS) is 16.3. The molecule has 2 aliphatic rings. The van der Waals surface area contributed by atoms with Crippen LogP contribution in [0.3, 0.4) is 0 Å². The molecule has 0 spiro atoms. The van der Waals surface area contributed by atoms with Gasteiger partial charge in [0.1, 0.15) is 11.5 Å². The number of nitrogens with zero attached hydrogens (tertiary/aromatic N) is 2. The fourth-order valence-corrected chi connectivity index (χ4v) is 4.56. The van der Waals surface area contributed by atoms with Gasteiger partial charge in [0.25, 0.3) is 5.91 Å². The van der Waals surface area contributed by atoms with Crippen molar-refractivity contribution in [1.29, 1.82) is 0 Å². The molecule has 4 rings (SSSR count). The van der Waals surface area contributed by atoms with E-state index in [-0.39, 0.29) is 18.4 Å². The van der Waals surface area contributed by atoms with Crippen LogP contribution in [0.1, 0.15) is 43.2 Å². The lowest BCUT2D eigenvalue weighted by Gasteiger charge is -2.32. The summed E-state index contributed by atoms with van der Waals surface area (Å²) in [7, 11) is 0. The van der Waals surface area contributed by atoms with Crippen LogP contribution in [0.25, 0.3) is 0 Å². The third-order valence-corrected chi connectivity index (χ3v) is 6.77. The first-order valence-corrected chi connectivity index (χ1v) is 12.8. The maximum Gasteiger partial charge on any atom is 0.260 e. The Balaban J connectivity index is 1.13. The average molecular weight is 513 g/mol. The van der Waals surface area contributed by atoms with Crippen molar-refractivity contribution in [2.75, 3.05) is 32.8 Å². The molecule has 2 aromatic rings. The Hall–Kier alpha value is -3.10. The molecule has 1 fully saturated rings. The molecule has 2 aromatic carbocycles. The van der Waals surface area contributed by atoms with Crippen molar-refractivity contribution in [3.63, 3.8) is 0 Å². The van der Waals surface area contributed by atoms with Gasteiger partial charge in [0.05, 0.1) is 17.3 Å². The predicted octanol–water partition coefficient (Wildman–Crippen LogP) is 3.69. The number of benzene rings is 2. The number of hydrogen-bond donors (Lipinski definition) is 2. The first-order chi connectivity index (χ1) is 17.5. The Morgan fingerprint density at radius 2 is 1.94 bits per heavy atom. The zero-order valence-electron chi connectivity index (χ0n) is 20.6. The second-order valence-corrected chi connectivity index (χ2v) is 9.51. The molecule has 9 heteroatoms. The van der Waals surface area contributed by atoms with Crippen LogP contribution in [-0.4, -0.2) is 61.3 Å². The molecule has 0 radical (unpaired) electrons. The van der Waals surface area contributed by atoms with Crippen LogP contribution in [0.4, 0.5) is 0 Å². The molecule has 36 heavy (non-hydrogen) atoms. The van der Waals surface area contributed by atoms with Crippen LogP contribution in [0, 0.1) is 6.92 Å². The molecule has 1 saturated heterocycles. The molecule has 8 nitrogen and oxygen atoms in total. The minimum absolute atomic E-state index is 0.0420. The monoisotopic (exact) mass is 512 g/mol. The number of ether oxygens (including phenoxy) is 2. The Morgan fingerprint density at radius 3 is 2.67 bits per heavy atom. The maximum absolute atomic E-state index is 12.7. The highest BCUT2D eigenvalue weighted by Gasteiger charge is 2.23. The van der Waals surface area contributed by atoms with Gasteiger partial charge in [-0.25, -0.2) is 5.43 Å². The van der Waals surface area contributed by atoms with E-state index in [9.17, 15) is 9.59 Å². The van der Waals surface area contributed by atoms with Gasteiger partial charge < -0.3 is 19.7 Å². The smallest absolute Gasteiger partial charge is 0.260 e. The lowest BCUT2D eigenvalue weighted by atomic mass is 10.0. The second kappa shape index (κ2) is 12.7. The summed E-state index contributed by atoms with van der Waals surface area (Å²) < 4.78 is 11.6. The predicted molar refractivity (Wildman–Crippen MR) is 140 cm³/mol. The fourth-order valence-electron chi connectivity index (χ4n) is 4.32. The van der Waals surface area contributed by atoms with Crippen molar-refractivity contribution in [3.05, 3.63) is 58.6 Å². The summed E-state index contributed by atoms with van der Waals surface area (Å²) in [5.74, 6) is 1.27. The van der Waals surface area contributed by atoms with Crippen LogP contribution in [0.15, 0.2) is 47.6 Å². The Morgan fingerprint density at radius 1 is 1.14 bits per heavy atom. The van der Waals surface area contributed by atoms with Crippen LogP contribution < -0.4 is 20.2 Å². The molecular formula is C27H33ClN4O4. The van der Waals surface area contributed by atoms with Gasteiger partial charge in [-0.05, 0) is 68.1 Å². The van der Waals surface area contributed by atoms with E-state index in [0.717, 1.165) is 48.4 Å². The van der Waals surface area contributed by atoms with Gasteiger partial charge in [-0.1, -0.05) is 29.8 Å². The zero-order valence-corrected chi connectivity index (χ0v) is 21.4. The first-order valence-electron chi connectivity index (χ1n) is 12.5. The topological polar surface area (TPSA) is 92.3 Å². The molecule has 0 atom stereocenters. The highest BCUT2D eigenvalue weighted by molar-refractivity contribution is 6.32. The van der Waals surface area contributed by atoms with Crippen LogP contribution in [0.2, 0.25) is 5.02 Å². The van der Waals surface area contributed by atoms with Crippen LogP contribution in [0.5, 0.6) is 11.5 Å². The number of likely N-dealkylation sites (tertiary alicyclic amines) is 1. The summed E-state index contributed by atoms with van der Waals surface area (Å²) in [4.78, 5) is 25.8. The van der Waals surface area contributed by atoms with Crippen molar-refractivity contribution in [2.45, 2.75) is 45.1 Å². The van der Waals surface area contributed by atoms with Gasteiger partial charge in [-0.3, -0.25) is 9.59 Å².